The molecule has 3 aromatic rings. The van der Waals surface area contributed by atoms with E-state index >= 15 is 0 Å². The van der Waals surface area contributed by atoms with Gasteiger partial charge in [0.15, 0.2) is 0 Å². The van der Waals surface area contributed by atoms with Crippen molar-refractivity contribution in [3.8, 4) is 5.75 Å². The number of fused-ring (bicyclic) bond motifs is 1. The molecular formula is C23H25N3O4. The second-order valence-corrected chi connectivity index (χ2v) is 7.46. The largest absolute Gasteiger partial charge is 0.497 e. The van der Waals surface area contributed by atoms with Crippen molar-refractivity contribution in [3.05, 3.63) is 70.3 Å². The van der Waals surface area contributed by atoms with E-state index in [4.69, 9.17) is 9.47 Å². The second-order valence-electron chi connectivity index (χ2n) is 7.46. The number of para-hydroxylation sites is 1. The number of hydrogen-bond acceptors (Lipinski definition) is 5. The van der Waals surface area contributed by atoms with Gasteiger partial charge >= 0.3 is 0 Å². The molecule has 1 N–H and O–H groups in total. The SMILES string of the molecule is COc1ccc(CC(=O)N(Cc2nc3ccccc3c(=O)[nH]2)C[C@H]2CCCO2)cc1. The second kappa shape index (κ2) is 9.09. The summed E-state index contributed by atoms with van der Waals surface area (Å²) in [5, 5.41) is 0.538. The van der Waals surface area contributed by atoms with Crippen molar-refractivity contribution < 1.29 is 14.3 Å². The van der Waals surface area contributed by atoms with E-state index in [1.165, 1.54) is 0 Å². The molecule has 1 aliphatic rings. The van der Waals surface area contributed by atoms with E-state index in [-0.39, 0.29) is 30.5 Å². The average Bonchev–Trinajstić information content (AvgIpc) is 3.27. The number of nitrogens with one attached hydrogen (secondary N) is 1. The van der Waals surface area contributed by atoms with Gasteiger partial charge in [-0.1, -0.05) is 24.3 Å². The molecule has 0 radical (unpaired) electrons. The number of hydrogen-bond donors (Lipinski definition) is 1. The molecule has 0 aliphatic carbocycles. The van der Waals surface area contributed by atoms with Crippen molar-refractivity contribution in [3.63, 3.8) is 0 Å². The third kappa shape index (κ3) is 4.68. The fourth-order valence-electron chi connectivity index (χ4n) is 3.71. The third-order valence-electron chi connectivity index (χ3n) is 5.32. The highest BCUT2D eigenvalue weighted by Crippen LogP contribution is 2.17. The van der Waals surface area contributed by atoms with Crippen molar-refractivity contribution in [2.45, 2.75) is 31.9 Å². The third-order valence-corrected chi connectivity index (χ3v) is 5.32. The van der Waals surface area contributed by atoms with Crippen LogP contribution in [0.1, 0.15) is 24.2 Å². The maximum absolute atomic E-state index is 13.1. The standard InChI is InChI=1S/C23H25N3O4/c1-29-17-10-8-16(9-11-17)13-22(27)26(14-18-5-4-12-30-18)15-21-24-20-7-3-2-6-19(20)23(28)25-21/h2-3,6-11,18H,4-5,12-15H2,1H3,(H,24,25,28)/t18-/m1/s1. The number of rotatable bonds is 7. The van der Waals surface area contributed by atoms with Gasteiger partial charge in [-0.05, 0) is 42.7 Å². The van der Waals surface area contributed by atoms with Crippen molar-refractivity contribution >= 4 is 16.8 Å². The first-order valence-corrected chi connectivity index (χ1v) is 10.1. The predicted molar refractivity (Wildman–Crippen MR) is 113 cm³/mol. The van der Waals surface area contributed by atoms with Crippen LogP contribution in [0.5, 0.6) is 5.75 Å². The molecule has 1 atom stereocenters. The minimum absolute atomic E-state index is 0.0111. The van der Waals surface area contributed by atoms with Gasteiger partial charge in [0.1, 0.15) is 11.6 Å². The van der Waals surface area contributed by atoms with Gasteiger partial charge in [0.2, 0.25) is 5.91 Å². The van der Waals surface area contributed by atoms with Gasteiger partial charge in [-0.25, -0.2) is 4.98 Å². The summed E-state index contributed by atoms with van der Waals surface area (Å²) in [6.07, 6.45) is 2.19. The van der Waals surface area contributed by atoms with Gasteiger partial charge in [0, 0.05) is 13.2 Å². The summed E-state index contributed by atoms with van der Waals surface area (Å²) in [7, 11) is 1.61. The Morgan fingerprint density at radius 1 is 1.23 bits per heavy atom. The van der Waals surface area contributed by atoms with Crippen LogP contribution < -0.4 is 10.3 Å². The fourth-order valence-corrected chi connectivity index (χ4v) is 3.71. The first kappa shape index (κ1) is 20.1. The summed E-state index contributed by atoms with van der Waals surface area (Å²) in [6, 6.07) is 14.7. The number of carbonyl (C=O) groups excluding carboxylic acids is 1. The molecule has 1 aromatic heterocycles. The smallest absolute Gasteiger partial charge is 0.258 e. The molecule has 156 valence electrons. The van der Waals surface area contributed by atoms with Gasteiger partial charge in [0.05, 0.1) is 37.1 Å². The van der Waals surface area contributed by atoms with Crippen LogP contribution in [0.25, 0.3) is 10.9 Å². The molecule has 1 fully saturated rings. The lowest BCUT2D eigenvalue weighted by Gasteiger charge is -2.25. The number of aromatic amines is 1. The predicted octanol–water partition coefficient (Wildman–Crippen LogP) is 2.68. The lowest BCUT2D eigenvalue weighted by atomic mass is 10.1. The number of nitrogens with zero attached hydrogens (tertiary/aromatic N) is 2. The molecule has 0 bridgehead atoms. The number of amides is 1. The van der Waals surface area contributed by atoms with Gasteiger partial charge in [-0.15, -0.1) is 0 Å². The van der Waals surface area contributed by atoms with Crippen LogP contribution in [0.2, 0.25) is 0 Å². The molecule has 2 aromatic carbocycles. The van der Waals surface area contributed by atoms with E-state index < -0.39 is 0 Å². The van der Waals surface area contributed by atoms with E-state index in [1.54, 1.807) is 30.2 Å². The quantitative estimate of drug-likeness (QED) is 0.651. The fraction of sp³-hybridized carbons (Fsp3) is 0.348. The lowest BCUT2D eigenvalue weighted by Crippen LogP contribution is -2.38. The average molecular weight is 407 g/mol. The topological polar surface area (TPSA) is 84.5 Å². The van der Waals surface area contributed by atoms with E-state index in [9.17, 15) is 9.59 Å². The number of benzene rings is 2. The zero-order chi connectivity index (χ0) is 20.9. The lowest BCUT2D eigenvalue weighted by molar-refractivity contribution is -0.132. The summed E-state index contributed by atoms with van der Waals surface area (Å²) < 4.78 is 10.9. The van der Waals surface area contributed by atoms with Gasteiger partial charge in [-0.3, -0.25) is 9.59 Å². The Morgan fingerprint density at radius 3 is 2.77 bits per heavy atom. The van der Waals surface area contributed by atoms with Crippen LogP contribution in [0.15, 0.2) is 53.3 Å². The van der Waals surface area contributed by atoms with Crippen LogP contribution in [0.4, 0.5) is 0 Å². The summed E-state index contributed by atoms with van der Waals surface area (Å²) in [6.45, 7) is 1.43. The zero-order valence-corrected chi connectivity index (χ0v) is 17.0. The highest BCUT2D eigenvalue weighted by molar-refractivity contribution is 5.79. The van der Waals surface area contributed by atoms with E-state index in [2.05, 4.69) is 9.97 Å². The number of H-pyrrole nitrogens is 1. The van der Waals surface area contributed by atoms with Crippen LogP contribution in [0.3, 0.4) is 0 Å². The number of methoxy groups -OCH3 is 1. The molecule has 1 saturated heterocycles. The summed E-state index contributed by atoms with van der Waals surface area (Å²) >= 11 is 0. The number of carbonyl (C=O) groups is 1. The maximum Gasteiger partial charge on any atom is 0.258 e. The van der Waals surface area contributed by atoms with Crippen LogP contribution in [-0.4, -0.2) is 47.1 Å². The minimum atomic E-state index is -0.199. The van der Waals surface area contributed by atoms with Crippen molar-refractivity contribution in [1.82, 2.24) is 14.9 Å². The summed E-state index contributed by atoms with van der Waals surface area (Å²) in [4.78, 5) is 34.6. The molecule has 0 unspecified atom stereocenters. The Morgan fingerprint density at radius 2 is 2.03 bits per heavy atom. The van der Waals surface area contributed by atoms with Gasteiger partial charge < -0.3 is 19.4 Å². The molecule has 7 nitrogen and oxygen atoms in total. The highest BCUT2D eigenvalue weighted by atomic mass is 16.5. The number of ether oxygens (including phenoxy) is 2. The van der Waals surface area contributed by atoms with Crippen LogP contribution in [-0.2, 0) is 22.5 Å². The molecule has 2 heterocycles. The first-order chi connectivity index (χ1) is 14.6. The number of aromatic nitrogens is 2. The normalized spacial score (nSPS) is 16.0. The van der Waals surface area contributed by atoms with Crippen LogP contribution in [0, 0.1) is 0 Å². The molecule has 7 heteroatoms. The van der Waals surface area contributed by atoms with Gasteiger partial charge in [-0.2, -0.15) is 0 Å². The zero-order valence-electron chi connectivity index (χ0n) is 17.0. The monoisotopic (exact) mass is 407 g/mol. The minimum Gasteiger partial charge on any atom is -0.497 e. The molecule has 0 spiro atoms. The van der Waals surface area contributed by atoms with Crippen molar-refractivity contribution in [2.75, 3.05) is 20.3 Å². The Bertz CT molecular complexity index is 1070. The van der Waals surface area contributed by atoms with Gasteiger partial charge in [0.25, 0.3) is 5.56 Å². The molecular weight excluding hydrogens is 382 g/mol. The highest BCUT2D eigenvalue weighted by Gasteiger charge is 2.24. The molecule has 1 aliphatic heterocycles. The Hall–Kier alpha value is -3.19. The van der Waals surface area contributed by atoms with E-state index in [1.807, 2.05) is 30.3 Å². The Kier molecular flexibility index (Phi) is 6.09. The molecule has 4 rings (SSSR count). The Balaban J connectivity index is 1.55. The van der Waals surface area contributed by atoms with Crippen LogP contribution >= 0.6 is 0 Å². The van der Waals surface area contributed by atoms with E-state index in [0.29, 0.717) is 23.3 Å². The first-order valence-electron chi connectivity index (χ1n) is 10.1. The molecule has 0 saturated carbocycles. The summed E-state index contributed by atoms with van der Waals surface area (Å²) in [5.74, 6) is 1.19. The maximum atomic E-state index is 13.1. The summed E-state index contributed by atoms with van der Waals surface area (Å²) in [5.41, 5.74) is 1.32. The van der Waals surface area contributed by atoms with Crippen molar-refractivity contribution in [1.29, 1.82) is 0 Å². The Labute approximate surface area is 174 Å². The molecule has 1 amide bonds. The molecule has 30 heavy (non-hydrogen) atoms. The van der Waals surface area contributed by atoms with Crippen molar-refractivity contribution in [2.24, 2.45) is 0 Å². The van der Waals surface area contributed by atoms with E-state index in [0.717, 1.165) is 30.8 Å².